The van der Waals surface area contributed by atoms with Gasteiger partial charge in [0.25, 0.3) is 0 Å². The summed E-state index contributed by atoms with van der Waals surface area (Å²) in [6.45, 7) is 0.457. The van der Waals surface area contributed by atoms with E-state index in [1.54, 1.807) is 24.2 Å². The van der Waals surface area contributed by atoms with Gasteiger partial charge in [0.1, 0.15) is 6.04 Å². The molecule has 0 radical (unpaired) electrons. The maximum Gasteiger partial charge on any atom is 0.243 e. The first-order valence-electron chi connectivity index (χ1n) is 5.79. The Hall–Kier alpha value is -1.56. The second-order valence-corrected chi connectivity index (χ2v) is 5.17. The third-order valence-electron chi connectivity index (χ3n) is 2.63. The van der Waals surface area contributed by atoms with Crippen LogP contribution in [0.25, 0.3) is 0 Å². The van der Waals surface area contributed by atoms with Gasteiger partial charge in [-0.3, -0.25) is 14.6 Å². The number of hydrogen-bond acceptors (Lipinski definition) is 4. The van der Waals surface area contributed by atoms with Gasteiger partial charge in [-0.05, 0) is 17.7 Å². The molecule has 0 aromatic carbocycles. The molecule has 1 aromatic rings. The number of rotatable bonds is 3. The maximum absolute atomic E-state index is 11.9. The molecule has 1 atom stereocenters. The van der Waals surface area contributed by atoms with Crippen molar-refractivity contribution in [3.05, 3.63) is 30.1 Å². The number of nitrogens with zero attached hydrogens (tertiary/aromatic N) is 1. The highest BCUT2D eigenvalue weighted by atomic mass is 32.2. The van der Waals surface area contributed by atoms with E-state index in [9.17, 15) is 9.59 Å². The summed E-state index contributed by atoms with van der Waals surface area (Å²) >= 11 is 1.62. The molecular formula is C12H15N3O2S. The minimum absolute atomic E-state index is 0.0518. The Morgan fingerprint density at radius 2 is 2.28 bits per heavy atom. The first-order chi connectivity index (χ1) is 8.75. The zero-order valence-corrected chi connectivity index (χ0v) is 10.7. The van der Waals surface area contributed by atoms with E-state index < -0.39 is 6.04 Å². The fraction of sp³-hybridized carbons (Fsp3) is 0.417. The Morgan fingerprint density at radius 1 is 1.50 bits per heavy atom. The van der Waals surface area contributed by atoms with Gasteiger partial charge < -0.3 is 10.6 Å². The van der Waals surface area contributed by atoms with Crippen molar-refractivity contribution < 1.29 is 9.59 Å². The molecule has 96 valence electrons. The molecule has 0 unspecified atom stereocenters. The molecule has 6 heteroatoms. The van der Waals surface area contributed by atoms with Gasteiger partial charge in [-0.1, -0.05) is 0 Å². The number of nitrogens with one attached hydrogen (secondary N) is 2. The zero-order valence-electron chi connectivity index (χ0n) is 9.89. The van der Waals surface area contributed by atoms with Crippen molar-refractivity contribution in [2.75, 3.05) is 11.5 Å². The SMILES string of the molecule is O=C1CCSC[C@H](C(=O)NCc2ccncc2)N1. The number of thioether (sulfide) groups is 1. The van der Waals surface area contributed by atoms with Gasteiger partial charge >= 0.3 is 0 Å². The van der Waals surface area contributed by atoms with Crippen LogP contribution in [0.4, 0.5) is 0 Å². The standard InChI is InChI=1S/C12H15N3O2S/c16-11-3-6-18-8-10(15-11)12(17)14-7-9-1-4-13-5-2-9/h1-2,4-5,10H,3,6-8H2,(H,14,17)(H,15,16)/t10-/m1/s1. The number of aromatic nitrogens is 1. The van der Waals surface area contributed by atoms with E-state index in [1.165, 1.54) is 0 Å². The van der Waals surface area contributed by atoms with Crippen molar-refractivity contribution in [3.8, 4) is 0 Å². The van der Waals surface area contributed by atoms with Gasteiger partial charge in [-0.25, -0.2) is 0 Å². The average molecular weight is 265 g/mol. The summed E-state index contributed by atoms with van der Waals surface area (Å²) in [7, 11) is 0. The summed E-state index contributed by atoms with van der Waals surface area (Å²) in [5.41, 5.74) is 0.992. The molecule has 1 aliphatic rings. The summed E-state index contributed by atoms with van der Waals surface area (Å²) in [4.78, 5) is 27.2. The van der Waals surface area contributed by atoms with Crippen LogP contribution >= 0.6 is 11.8 Å². The van der Waals surface area contributed by atoms with E-state index in [4.69, 9.17) is 0 Å². The van der Waals surface area contributed by atoms with Gasteiger partial charge in [0.15, 0.2) is 0 Å². The minimum Gasteiger partial charge on any atom is -0.350 e. The molecule has 0 saturated carbocycles. The van der Waals surface area contributed by atoms with Crippen LogP contribution in [0.5, 0.6) is 0 Å². The summed E-state index contributed by atoms with van der Waals surface area (Å²) in [6.07, 6.45) is 3.86. The Balaban J connectivity index is 1.85. The lowest BCUT2D eigenvalue weighted by molar-refractivity contribution is -0.128. The second kappa shape index (κ2) is 6.39. The van der Waals surface area contributed by atoms with Crippen LogP contribution in [0, 0.1) is 0 Å². The average Bonchev–Trinajstić information content (AvgIpc) is 2.62. The lowest BCUT2D eigenvalue weighted by Crippen LogP contribution is -2.47. The lowest BCUT2D eigenvalue weighted by Gasteiger charge is -2.15. The van der Waals surface area contributed by atoms with Crippen molar-refractivity contribution >= 4 is 23.6 Å². The van der Waals surface area contributed by atoms with Crippen molar-refractivity contribution in [1.29, 1.82) is 0 Å². The van der Waals surface area contributed by atoms with Gasteiger partial charge in [-0.2, -0.15) is 11.8 Å². The Bertz CT molecular complexity index is 425. The molecule has 0 aliphatic carbocycles. The fourth-order valence-electron chi connectivity index (χ4n) is 1.63. The van der Waals surface area contributed by atoms with Gasteiger partial charge in [0.05, 0.1) is 0 Å². The molecule has 1 aliphatic heterocycles. The molecule has 0 spiro atoms. The van der Waals surface area contributed by atoms with E-state index >= 15 is 0 Å². The molecule has 18 heavy (non-hydrogen) atoms. The first kappa shape index (κ1) is 12.9. The third kappa shape index (κ3) is 3.73. The Kier molecular flexibility index (Phi) is 4.58. The van der Waals surface area contributed by atoms with E-state index in [-0.39, 0.29) is 11.8 Å². The summed E-state index contributed by atoms with van der Waals surface area (Å²) < 4.78 is 0. The topological polar surface area (TPSA) is 71.1 Å². The lowest BCUT2D eigenvalue weighted by atomic mass is 10.2. The smallest absolute Gasteiger partial charge is 0.243 e. The summed E-state index contributed by atoms with van der Waals surface area (Å²) in [5.74, 6) is 1.23. The minimum atomic E-state index is -0.424. The Morgan fingerprint density at radius 3 is 3.06 bits per heavy atom. The van der Waals surface area contributed by atoms with Crippen molar-refractivity contribution in [3.63, 3.8) is 0 Å². The van der Waals surface area contributed by atoms with Gasteiger partial charge in [-0.15, -0.1) is 0 Å². The molecule has 2 amide bonds. The van der Waals surface area contributed by atoms with Crippen molar-refractivity contribution in [1.82, 2.24) is 15.6 Å². The van der Waals surface area contributed by atoms with Crippen molar-refractivity contribution in [2.24, 2.45) is 0 Å². The quantitative estimate of drug-likeness (QED) is 0.825. The predicted octanol–water partition coefficient (Wildman–Crippen LogP) is 0.319. The van der Waals surface area contributed by atoms with E-state index in [1.807, 2.05) is 12.1 Å². The predicted molar refractivity (Wildman–Crippen MR) is 70.0 cm³/mol. The van der Waals surface area contributed by atoms with E-state index in [0.29, 0.717) is 18.7 Å². The number of amides is 2. The number of pyridine rings is 1. The first-order valence-corrected chi connectivity index (χ1v) is 6.95. The molecule has 2 N–H and O–H groups in total. The molecular weight excluding hydrogens is 250 g/mol. The van der Waals surface area contributed by atoms with Gasteiger partial charge in [0.2, 0.25) is 11.8 Å². The highest BCUT2D eigenvalue weighted by Crippen LogP contribution is 2.10. The van der Waals surface area contributed by atoms with Crippen LogP contribution in [-0.2, 0) is 16.1 Å². The summed E-state index contributed by atoms with van der Waals surface area (Å²) in [6, 6.07) is 3.27. The highest BCUT2D eigenvalue weighted by Gasteiger charge is 2.22. The van der Waals surface area contributed by atoms with Crippen LogP contribution in [0.2, 0.25) is 0 Å². The van der Waals surface area contributed by atoms with Crippen LogP contribution in [0.1, 0.15) is 12.0 Å². The van der Waals surface area contributed by atoms with Gasteiger partial charge in [0, 0.05) is 36.9 Å². The monoisotopic (exact) mass is 265 g/mol. The normalized spacial score (nSPS) is 19.8. The number of hydrogen-bond donors (Lipinski definition) is 2. The fourth-order valence-corrected chi connectivity index (χ4v) is 2.60. The maximum atomic E-state index is 11.9. The van der Waals surface area contributed by atoms with Crippen LogP contribution in [-0.4, -0.2) is 34.3 Å². The summed E-state index contributed by atoms with van der Waals surface area (Å²) in [5, 5.41) is 5.55. The van der Waals surface area contributed by atoms with E-state index in [2.05, 4.69) is 15.6 Å². The van der Waals surface area contributed by atoms with E-state index in [0.717, 1.165) is 11.3 Å². The zero-order chi connectivity index (χ0) is 12.8. The largest absolute Gasteiger partial charge is 0.350 e. The molecule has 2 rings (SSSR count). The number of carbonyl (C=O) groups is 2. The van der Waals surface area contributed by atoms with Crippen molar-refractivity contribution in [2.45, 2.75) is 19.0 Å². The molecule has 1 aromatic heterocycles. The molecule has 1 fully saturated rings. The molecule has 5 nitrogen and oxygen atoms in total. The highest BCUT2D eigenvalue weighted by molar-refractivity contribution is 7.99. The van der Waals surface area contributed by atoms with Crippen LogP contribution < -0.4 is 10.6 Å². The molecule has 0 bridgehead atoms. The third-order valence-corrected chi connectivity index (χ3v) is 3.69. The number of carbonyl (C=O) groups excluding carboxylic acids is 2. The second-order valence-electron chi connectivity index (χ2n) is 4.02. The Labute approximate surface area is 110 Å². The van der Waals surface area contributed by atoms with Crippen LogP contribution in [0.3, 0.4) is 0 Å². The molecule has 1 saturated heterocycles. The van der Waals surface area contributed by atoms with Crippen LogP contribution in [0.15, 0.2) is 24.5 Å². The molecule has 2 heterocycles.